The van der Waals surface area contributed by atoms with Crippen LogP contribution in [-0.4, -0.2) is 27.0 Å². The van der Waals surface area contributed by atoms with Gasteiger partial charge in [0.25, 0.3) is 0 Å². The molecule has 0 atom stereocenters. The van der Waals surface area contributed by atoms with Crippen LogP contribution in [0.1, 0.15) is 25.7 Å². The number of unbranched alkanes of at least 4 members (excludes halogenated alkanes) is 3. The van der Waals surface area contributed by atoms with E-state index in [9.17, 15) is 8.42 Å². The summed E-state index contributed by atoms with van der Waals surface area (Å²) in [7, 11) is -3.51. The second-order valence-corrected chi connectivity index (χ2v) is 8.42. The first kappa shape index (κ1) is 18.3. The molecule has 7 heteroatoms. The molecule has 0 bridgehead atoms. The summed E-state index contributed by atoms with van der Waals surface area (Å²) in [5, 5.41) is 0.229. The summed E-state index contributed by atoms with van der Waals surface area (Å²) in [5.41, 5.74) is 0. The average molecular weight is 401 g/mol. The van der Waals surface area contributed by atoms with Crippen LogP contribution in [0.3, 0.4) is 0 Å². The van der Waals surface area contributed by atoms with E-state index in [2.05, 4.69) is 26.9 Å². The Balaban J connectivity index is 2.42. The Morgan fingerprint density at radius 3 is 2.60 bits per heavy atom. The standard InChI is InChI=1S/C13H19BrClNO2S2/c1-19-9-5-3-2-4-8-16-20(17,18)13-7-6-11(14)10-12(13)15/h6-7,10,16H,2-5,8-9H2,1H3. The number of hydrogen-bond donors (Lipinski definition) is 1. The van der Waals surface area contributed by atoms with Gasteiger partial charge in [-0.3, -0.25) is 0 Å². The van der Waals surface area contributed by atoms with Crippen LogP contribution in [0.4, 0.5) is 0 Å². The van der Waals surface area contributed by atoms with E-state index in [1.54, 1.807) is 12.1 Å². The van der Waals surface area contributed by atoms with Crippen LogP contribution >= 0.6 is 39.3 Å². The summed E-state index contributed by atoms with van der Waals surface area (Å²) in [6.45, 7) is 0.452. The minimum absolute atomic E-state index is 0.129. The Hall–Kier alpha value is 0.250. The fraction of sp³-hybridized carbons (Fsp3) is 0.538. The molecule has 1 rings (SSSR count). The summed E-state index contributed by atoms with van der Waals surface area (Å²) >= 11 is 11.1. The molecule has 0 aliphatic carbocycles. The largest absolute Gasteiger partial charge is 0.242 e. The van der Waals surface area contributed by atoms with Crippen LogP contribution in [-0.2, 0) is 10.0 Å². The molecule has 0 radical (unpaired) electrons. The fourth-order valence-electron chi connectivity index (χ4n) is 1.70. The lowest BCUT2D eigenvalue weighted by atomic mass is 10.2. The van der Waals surface area contributed by atoms with Crippen molar-refractivity contribution in [1.82, 2.24) is 4.72 Å². The van der Waals surface area contributed by atoms with Gasteiger partial charge in [-0.2, -0.15) is 11.8 Å². The Morgan fingerprint density at radius 1 is 1.25 bits per heavy atom. The molecule has 0 amide bonds. The molecule has 0 fully saturated rings. The summed E-state index contributed by atoms with van der Waals surface area (Å²) < 4.78 is 27.5. The normalized spacial score (nSPS) is 11.8. The SMILES string of the molecule is CSCCCCCCNS(=O)(=O)c1ccc(Br)cc1Cl. The molecule has 0 heterocycles. The van der Waals surface area contributed by atoms with Crippen molar-refractivity contribution < 1.29 is 8.42 Å². The van der Waals surface area contributed by atoms with Gasteiger partial charge in [-0.15, -0.1) is 0 Å². The molecule has 1 aromatic carbocycles. The molecule has 20 heavy (non-hydrogen) atoms. The van der Waals surface area contributed by atoms with Crippen LogP contribution in [0, 0.1) is 0 Å². The zero-order chi connectivity index (χ0) is 15.0. The third-order valence-corrected chi connectivity index (χ3v) is 5.88. The average Bonchev–Trinajstić information content (AvgIpc) is 2.37. The number of thioether (sulfide) groups is 1. The summed E-state index contributed by atoms with van der Waals surface area (Å²) in [4.78, 5) is 0.129. The van der Waals surface area contributed by atoms with E-state index in [1.807, 2.05) is 11.8 Å². The van der Waals surface area contributed by atoms with Crippen molar-refractivity contribution in [2.24, 2.45) is 0 Å². The predicted molar refractivity (Wildman–Crippen MR) is 91.2 cm³/mol. The van der Waals surface area contributed by atoms with Gasteiger partial charge in [0.2, 0.25) is 10.0 Å². The van der Waals surface area contributed by atoms with Crippen LogP contribution < -0.4 is 4.72 Å². The summed E-state index contributed by atoms with van der Waals surface area (Å²) in [6, 6.07) is 4.76. The molecule has 114 valence electrons. The Labute approximate surface area is 139 Å². The number of nitrogens with one attached hydrogen (secondary N) is 1. The molecule has 0 aromatic heterocycles. The van der Waals surface area contributed by atoms with E-state index in [4.69, 9.17) is 11.6 Å². The molecule has 0 saturated heterocycles. The lowest BCUT2D eigenvalue weighted by Crippen LogP contribution is -2.25. The second-order valence-electron chi connectivity index (χ2n) is 4.38. The van der Waals surface area contributed by atoms with Crippen molar-refractivity contribution in [3.63, 3.8) is 0 Å². The van der Waals surface area contributed by atoms with Crippen LogP contribution in [0.15, 0.2) is 27.6 Å². The van der Waals surface area contributed by atoms with Gasteiger partial charge in [-0.05, 0) is 43.0 Å². The number of benzene rings is 1. The lowest BCUT2D eigenvalue weighted by molar-refractivity contribution is 0.574. The molecule has 1 aromatic rings. The Bertz CT molecular complexity index is 523. The monoisotopic (exact) mass is 399 g/mol. The first-order chi connectivity index (χ1) is 9.47. The van der Waals surface area contributed by atoms with Gasteiger partial charge >= 0.3 is 0 Å². The molecular formula is C13H19BrClNO2S2. The van der Waals surface area contributed by atoms with Crippen molar-refractivity contribution in [2.75, 3.05) is 18.6 Å². The third-order valence-electron chi connectivity index (χ3n) is 2.75. The van der Waals surface area contributed by atoms with Crippen molar-refractivity contribution >= 4 is 49.3 Å². The van der Waals surface area contributed by atoms with Gasteiger partial charge in [0.1, 0.15) is 4.90 Å². The van der Waals surface area contributed by atoms with E-state index in [0.29, 0.717) is 6.54 Å². The maximum atomic E-state index is 12.1. The van der Waals surface area contributed by atoms with Gasteiger partial charge in [0.15, 0.2) is 0 Å². The van der Waals surface area contributed by atoms with Gasteiger partial charge < -0.3 is 0 Å². The van der Waals surface area contributed by atoms with Crippen molar-refractivity contribution in [3.05, 3.63) is 27.7 Å². The van der Waals surface area contributed by atoms with E-state index < -0.39 is 10.0 Å². The zero-order valence-corrected chi connectivity index (χ0v) is 15.3. The molecule has 0 spiro atoms. The molecule has 0 aliphatic rings. The van der Waals surface area contributed by atoms with Crippen molar-refractivity contribution in [3.8, 4) is 0 Å². The van der Waals surface area contributed by atoms with E-state index >= 15 is 0 Å². The van der Waals surface area contributed by atoms with E-state index in [1.165, 1.54) is 18.2 Å². The third kappa shape index (κ3) is 6.35. The topological polar surface area (TPSA) is 46.2 Å². The highest BCUT2D eigenvalue weighted by atomic mass is 79.9. The Kier molecular flexibility index (Phi) is 8.51. The van der Waals surface area contributed by atoms with Crippen LogP contribution in [0.5, 0.6) is 0 Å². The molecule has 0 saturated carbocycles. The number of halogens is 2. The predicted octanol–water partition coefficient (Wildman–Crippen LogP) is 4.30. The maximum Gasteiger partial charge on any atom is 0.242 e. The molecule has 3 nitrogen and oxygen atoms in total. The highest BCUT2D eigenvalue weighted by molar-refractivity contribution is 9.10. The van der Waals surface area contributed by atoms with Crippen LogP contribution in [0.25, 0.3) is 0 Å². The zero-order valence-electron chi connectivity index (χ0n) is 11.4. The van der Waals surface area contributed by atoms with Gasteiger partial charge in [-0.1, -0.05) is 40.4 Å². The van der Waals surface area contributed by atoms with Gasteiger partial charge in [0.05, 0.1) is 5.02 Å². The van der Waals surface area contributed by atoms with Crippen LogP contribution in [0.2, 0.25) is 5.02 Å². The second kappa shape index (κ2) is 9.30. The first-order valence-electron chi connectivity index (χ1n) is 6.41. The van der Waals surface area contributed by atoms with E-state index in [-0.39, 0.29) is 9.92 Å². The van der Waals surface area contributed by atoms with Crippen molar-refractivity contribution in [2.45, 2.75) is 30.6 Å². The number of sulfonamides is 1. The quantitative estimate of drug-likeness (QED) is 0.628. The minimum Gasteiger partial charge on any atom is -0.211 e. The Morgan fingerprint density at radius 2 is 1.95 bits per heavy atom. The highest BCUT2D eigenvalue weighted by Crippen LogP contribution is 2.25. The maximum absolute atomic E-state index is 12.1. The molecular weight excluding hydrogens is 382 g/mol. The van der Waals surface area contributed by atoms with Gasteiger partial charge in [0, 0.05) is 11.0 Å². The fourth-order valence-corrected chi connectivity index (χ4v) is 4.30. The molecule has 0 unspecified atom stereocenters. The summed E-state index contributed by atoms with van der Waals surface area (Å²) in [5.74, 6) is 1.17. The molecule has 0 aliphatic heterocycles. The first-order valence-corrected chi connectivity index (χ1v) is 10.5. The molecule has 1 N–H and O–H groups in total. The van der Waals surface area contributed by atoms with E-state index in [0.717, 1.165) is 23.7 Å². The minimum atomic E-state index is -3.51. The summed E-state index contributed by atoms with van der Waals surface area (Å²) in [6.07, 6.45) is 6.31. The smallest absolute Gasteiger partial charge is 0.211 e. The number of hydrogen-bond acceptors (Lipinski definition) is 3. The number of rotatable bonds is 9. The highest BCUT2D eigenvalue weighted by Gasteiger charge is 2.17. The van der Waals surface area contributed by atoms with Crippen molar-refractivity contribution in [1.29, 1.82) is 0 Å². The van der Waals surface area contributed by atoms with Gasteiger partial charge in [-0.25, -0.2) is 13.1 Å². The lowest BCUT2D eigenvalue weighted by Gasteiger charge is -2.08.